The van der Waals surface area contributed by atoms with Crippen molar-refractivity contribution in [3.8, 4) is 11.1 Å². The monoisotopic (exact) mass is 464 g/mol. The molecule has 0 radical (unpaired) electrons. The second-order valence-corrected chi connectivity index (χ2v) is 9.91. The molecule has 1 aliphatic carbocycles. The van der Waals surface area contributed by atoms with Crippen molar-refractivity contribution in [3.63, 3.8) is 0 Å². The van der Waals surface area contributed by atoms with Crippen LogP contribution in [-0.2, 0) is 14.3 Å². The summed E-state index contributed by atoms with van der Waals surface area (Å²) in [6.07, 6.45) is 0.513. The van der Waals surface area contributed by atoms with E-state index in [-0.39, 0.29) is 25.0 Å². The van der Waals surface area contributed by atoms with Gasteiger partial charge in [0.05, 0.1) is 5.92 Å². The van der Waals surface area contributed by atoms with Crippen molar-refractivity contribution in [2.24, 2.45) is 11.3 Å². The average molecular weight is 465 g/mol. The Morgan fingerprint density at radius 1 is 1.09 bits per heavy atom. The normalized spacial score (nSPS) is 19.3. The lowest BCUT2D eigenvalue weighted by atomic mass is 9.82. The Bertz CT molecular complexity index is 1050. The van der Waals surface area contributed by atoms with Crippen molar-refractivity contribution in [3.05, 3.63) is 59.7 Å². The van der Waals surface area contributed by atoms with E-state index in [1.807, 2.05) is 45.0 Å². The van der Waals surface area contributed by atoms with Crippen molar-refractivity contribution in [1.82, 2.24) is 10.2 Å². The van der Waals surface area contributed by atoms with Gasteiger partial charge in [0, 0.05) is 19.0 Å². The summed E-state index contributed by atoms with van der Waals surface area (Å²) in [6, 6.07) is 15.5. The molecule has 4 rings (SSSR count). The molecular weight excluding hydrogens is 432 g/mol. The van der Waals surface area contributed by atoms with E-state index in [0.29, 0.717) is 19.4 Å². The summed E-state index contributed by atoms with van der Waals surface area (Å²) < 4.78 is 5.61. The third-order valence-electron chi connectivity index (χ3n) is 7.07. The van der Waals surface area contributed by atoms with Crippen LogP contribution in [0.3, 0.4) is 0 Å². The summed E-state index contributed by atoms with van der Waals surface area (Å²) in [7, 11) is 0. The zero-order valence-electron chi connectivity index (χ0n) is 19.9. The molecule has 2 atom stereocenters. The first kappa shape index (κ1) is 23.8. The minimum absolute atomic E-state index is 0.0609. The highest BCUT2D eigenvalue weighted by atomic mass is 16.5. The Labute approximate surface area is 200 Å². The van der Waals surface area contributed by atoms with Crippen LogP contribution >= 0.6 is 0 Å². The molecule has 2 aromatic rings. The van der Waals surface area contributed by atoms with Gasteiger partial charge in [0.2, 0.25) is 5.91 Å². The number of nitrogens with zero attached hydrogens (tertiary/aromatic N) is 1. The molecule has 1 saturated heterocycles. The number of ether oxygens (including phenoxy) is 1. The minimum Gasteiger partial charge on any atom is -0.481 e. The molecule has 1 unspecified atom stereocenters. The molecule has 2 amide bonds. The number of carboxylic acids is 1. The Balaban J connectivity index is 1.41. The first-order valence-corrected chi connectivity index (χ1v) is 11.9. The number of fused-ring (bicyclic) bond motifs is 3. The van der Waals surface area contributed by atoms with E-state index in [9.17, 15) is 19.5 Å². The smallest absolute Gasteiger partial charge is 0.407 e. The van der Waals surface area contributed by atoms with E-state index >= 15 is 0 Å². The second kappa shape index (κ2) is 9.49. The fraction of sp³-hybridized carbons (Fsp3) is 0.444. The standard InChI is InChI=1S/C27H32N2O5/c1-4-9-23(24(30)29-14-22(25(31)32)27(2,3)16-29)28-26(33)34-15-21-19-12-7-5-10-17(19)18-11-6-8-13-20(18)21/h5-8,10-13,21-23H,4,9,14-16H2,1-3H3,(H,28,33)(H,31,32)/t22?,23-/m0/s1. The van der Waals surface area contributed by atoms with Gasteiger partial charge in [-0.2, -0.15) is 0 Å². The SMILES string of the molecule is CCC[C@H](NC(=O)OCC1c2ccccc2-c2ccccc21)C(=O)N1CC(C(=O)O)C(C)(C)C1. The Morgan fingerprint density at radius 3 is 2.21 bits per heavy atom. The van der Waals surface area contributed by atoms with Gasteiger partial charge in [-0.1, -0.05) is 75.7 Å². The van der Waals surface area contributed by atoms with Crippen LogP contribution in [0, 0.1) is 11.3 Å². The molecule has 34 heavy (non-hydrogen) atoms. The number of carbonyl (C=O) groups is 3. The van der Waals surface area contributed by atoms with Gasteiger partial charge in [0.15, 0.2) is 0 Å². The van der Waals surface area contributed by atoms with E-state index in [1.54, 1.807) is 4.90 Å². The lowest BCUT2D eigenvalue weighted by Gasteiger charge is -2.25. The van der Waals surface area contributed by atoms with Crippen molar-refractivity contribution < 1.29 is 24.2 Å². The van der Waals surface area contributed by atoms with E-state index in [2.05, 4.69) is 29.6 Å². The highest BCUT2D eigenvalue weighted by Gasteiger charge is 2.46. The van der Waals surface area contributed by atoms with Gasteiger partial charge in [-0.05, 0) is 34.1 Å². The number of hydrogen-bond acceptors (Lipinski definition) is 4. The molecule has 0 spiro atoms. The number of alkyl carbamates (subject to hydrolysis) is 1. The molecule has 0 saturated carbocycles. The Hall–Kier alpha value is -3.35. The largest absolute Gasteiger partial charge is 0.481 e. The third-order valence-corrected chi connectivity index (χ3v) is 7.07. The zero-order valence-corrected chi connectivity index (χ0v) is 19.9. The van der Waals surface area contributed by atoms with Gasteiger partial charge in [-0.15, -0.1) is 0 Å². The molecule has 2 aliphatic rings. The summed E-state index contributed by atoms with van der Waals surface area (Å²) in [4.78, 5) is 39.1. The number of hydrogen-bond donors (Lipinski definition) is 2. The number of benzene rings is 2. The van der Waals surface area contributed by atoms with Crippen molar-refractivity contribution in [2.75, 3.05) is 19.7 Å². The number of aliphatic carboxylic acids is 1. The van der Waals surface area contributed by atoms with Crippen LogP contribution in [0.2, 0.25) is 0 Å². The fourth-order valence-corrected chi connectivity index (χ4v) is 5.26. The molecule has 1 heterocycles. The second-order valence-electron chi connectivity index (χ2n) is 9.91. The van der Waals surface area contributed by atoms with Crippen LogP contribution in [0.5, 0.6) is 0 Å². The summed E-state index contributed by atoms with van der Waals surface area (Å²) in [5, 5.41) is 12.3. The van der Waals surface area contributed by atoms with Crippen molar-refractivity contribution >= 4 is 18.0 Å². The zero-order chi connectivity index (χ0) is 24.5. The van der Waals surface area contributed by atoms with Gasteiger partial charge in [0.1, 0.15) is 12.6 Å². The van der Waals surface area contributed by atoms with Crippen LogP contribution < -0.4 is 5.32 Å². The van der Waals surface area contributed by atoms with Crippen LogP contribution in [0.15, 0.2) is 48.5 Å². The number of rotatable bonds is 7. The fourth-order valence-electron chi connectivity index (χ4n) is 5.26. The van der Waals surface area contributed by atoms with Gasteiger partial charge >= 0.3 is 12.1 Å². The van der Waals surface area contributed by atoms with Gasteiger partial charge in [-0.3, -0.25) is 9.59 Å². The minimum atomic E-state index is -0.906. The maximum atomic E-state index is 13.2. The molecule has 1 fully saturated rings. The molecule has 180 valence electrons. The van der Waals surface area contributed by atoms with Crippen LogP contribution in [-0.4, -0.2) is 53.7 Å². The van der Waals surface area contributed by atoms with Crippen molar-refractivity contribution in [2.45, 2.75) is 45.6 Å². The number of carbonyl (C=O) groups excluding carboxylic acids is 2. The first-order chi connectivity index (χ1) is 16.2. The summed E-state index contributed by atoms with van der Waals surface area (Å²) in [6.45, 7) is 6.31. The van der Waals surface area contributed by atoms with Crippen LogP contribution in [0.1, 0.15) is 50.7 Å². The van der Waals surface area contributed by atoms with Gasteiger partial charge < -0.3 is 20.1 Å². The van der Waals surface area contributed by atoms with E-state index in [1.165, 1.54) is 0 Å². The maximum absolute atomic E-state index is 13.2. The quantitative estimate of drug-likeness (QED) is 0.638. The number of nitrogens with one attached hydrogen (secondary N) is 1. The molecule has 0 aromatic heterocycles. The summed E-state index contributed by atoms with van der Waals surface area (Å²) in [5.41, 5.74) is 4.02. The average Bonchev–Trinajstić information content (AvgIpc) is 3.31. The van der Waals surface area contributed by atoms with Crippen LogP contribution in [0.4, 0.5) is 4.79 Å². The number of likely N-dealkylation sites (tertiary alicyclic amines) is 1. The molecule has 2 aromatic carbocycles. The predicted octanol–water partition coefficient (Wildman–Crippen LogP) is 4.26. The Kier molecular flexibility index (Phi) is 6.64. The predicted molar refractivity (Wildman–Crippen MR) is 128 cm³/mol. The molecule has 1 aliphatic heterocycles. The molecule has 7 heteroatoms. The highest BCUT2D eigenvalue weighted by Crippen LogP contribution is 2.44. The van der Waals surface area contributed by atoms with Gasteiger partial charge in [-0.25, -0.2) is 4.79 Å². The number of amides is 2. The molecule has 7 nitrogen and oxygen atoms in total. The topological polar surface area (TPSA) is 95.9 Å². The summed E-state index contributed by atoms with van der Waals surface area (Å²) in [5.74, 6) is -1.86. The van der Waals surface area contributed by atoms with E-state index in [4.69, 9.17) is 4.74 Å². The number of carboxylic acid groups (broad SMARTS) is 1. The van der Waals surface area contributed by atoms with E-state index in [0.717, 1.165) is 22.3 Å². The first-order valence-electron chi connectivity index (χ1n) is 11.9. The van der Waals surface area contributed by atoms with Crippen molar-refractivity contribution in [1.29, 1.82) is 0 Å². The summed E-state index contributed by atoms with van der Waals surface area (Å²) >= 11 is 0. The maximum Gasteiger partial charge on any atom is 0.407 e. The lowest BCUT2D eigenvalue weighted by molar-refractivity contribution is -0.144. The molecular formula is C27H32N2O5. The van der Waals surface area contributed by atoms with E-state index < -0.39 is 29.4 Å². The highest BCUT2D eigenvalue weighted by molar-refractivity contribution is 5.87. The third kappa shape index (κ3) is 4.52. The lowest BCUT2D eigenvalue weighted by Crippen LogP contribution is -2.48. The molecule has 2 N–H and O–H groups in total. The van der Waals surface area contributed by atoms with Gasteiger partial charge in [0.25, 0.3) is 0 Å². The van der Waals surface area contributed by atoms with Crippen LogP contribution in [0.25, 0.3) is 11.1 Å². The Morgan fingerprint density at radius 2 is 1.68 bits per heavy atom. The molecule has 0 bridgehead atoms.